The van der Waals surface area contributed by atoms with Crippen LogP contribution in [0, 0.1) is 17.3 Å². The van der Waals surface area contributed by atoms with E-state index in [0.717, 1.165) is 6.07 Å². The molecule has 0 spiro atoms. The zero-order valence-electron chi connectivity index (χ0n) is 10.2. The van der Waals surface area contributed by atoms with Gasteiger partial charge in [-0.2, -0.15) is 9.65 Å². The van der Waals surface area contributed by atoms with Crippen LogP contribution in [0.25, 0.3) is 0 Å². The summed E-state index contributed by atoms with van der Waals surface area (Å²) in [5.74, 6) is -1.17. The van der Waals surface area contributed by atoms with Crippen LogP contribution >= 0.6 is 0 Å². The van der Waals surface area contributed by atoms with Gasteiger partial charge in [0.15, 0.2) is 0 Å². The van der Waals surface area contributed by atoms with Crippen molar-refractivity contribution in [2.24, 2.45) is 0 Å². The third kappa shape index (κ3) is 3.76. The number of anilines is 1. The average molecular weight is 291 g/mol. The van der Waals surface area contributed by atoms with E-state index < -0.39 is 16.0 Å². The van der Waals surface area contributed by atoms with E-state index in [2.05, 4.69) is 9.71 Å². The average Bonchev–Trinajstić information content (AvgIpc) is 2.37. The summed E-state index contributed by atoms with van der Waals surface area (Å²) in [4.78, 5) is 3.42. The van der Waals surface area contributed by atoms with E-state index in [4.69, 9.17) is 5.26 Å². The number of nitrogens with zero attached hydrogens (tertiary/aromatic N) is 2. The highest BCUT2D eigenvalue weighted by molar-refractivity contribution is 7.91. The van der Waals surface area contributed by atoms with E-state index in [1.165, 1.54) is 18.2 Å². The largest absolute Gasteiger partial charge is 0.267 e. The number of nitriles is 1. The second kappa shape index (κ2) is 5.67. The second-order valence-corrected chi connectivity index (χ2v) is 5.74. The van der Waals surface area contributed by atoms with Crippen molar-refractivity contribution >= 4 is 15.8 Å². The Bertz CT molecular complexity index is 769. The van der Waals surface area contributed by atoms with Gasteiger partial charge in [0.05, 0.1) is 17.4 Å². The molecule has 2 aromatic rings. The molecular formula is C13H10FN3O2S. The van der Waals surface area contributed by atoms with Crippen LogP contribution in [0.2, 0.25) is 0 Å². The Balaban J connectivity index is 2.17. The van der Waals surface area contributed by atoms with Gasteiger partial charge in [-0.15, -0.1) is 0 Å². The number of rotatable bonds is 4. The summed E-state index contributed by atoms with van der Waals surface area (Å²) in [5, 5.41) is 8.76. The maximum Gasteiger partial charge on any atom is 0.238 e. The molecule has 0 radical (unpaired) electrons. The van der Waals surface area contributed by atoms with Gasteiger partial charge in [0.2, 0.25) is 16.0 Å². The number of pyridine rings is 1. The second-order valence-electron chi connectivity index (χ2n) is 4.02. The van der Waals surface area contributed by atoms with Gasteiger partial charge >= 0.3 is 0 Å². The maximum absolute atomic E-state index is 12.9. The minimum absolute atomic E-state index is 0.0820. The van der Waals surface area contributed by atoms with Crippen LogP contribution in [0.3, 0.4) is 0 Å². The minimum atomic E-state index is -3.72. The summed E-state index contributed by atoms with van der Waals surface area (Å²) in [6.07, 6.45) is 0. The predicted octanol–water partition coefficient (Wildman–Crippen LogP) is 2.03. The SMILES string of the molecule is N#Cc1cccc(CS(=O)(=O)Nc2cccc(F)n2)c1. The van der Waals surface area contributed by atoms with Crippen molar-refractivity contribution in [1.82, 2.24) is 4.98 Å². The zero-order valence-corrected chi connectivity index (χ0v) is 11.1. The van der Waals surface area contributed by atoms with Crippen molar-refractivity contribution < 1.29 is 12.8 Å². The van der Waals surface area contributed by atoms with Crippen LogP contribution < -0.4 is 4.72 Å². The molecule has 7 heteroatoms. The Hall–Kier alpha value is -2.46. The van der Waals surface area contributed by atoms with Crippen LogP contribution in [0.4, 0.5) is 10.2 Å². The van der Waals surface area contributed by atoms with Crippen LogP contribution in [0.1, 0.15) is 11.1 Å². The first-order valence-electron chi connectivity index (χ1n) is 5.60. The first-order valence-corrected chi connectivity index (χ1v) is 7.26. The molecule has 1 heterocycles. The van der Waals surface area contributed by atoms with Gasteiger partial charge < -0.3 is 0 Å². The summed E-state index contributed by atoms with van der Waals surface area (Å²) < 4.78 is 38.9. The van der Waals surface area contributed by atoms with Gasteiger partial charge in [0, 0.05) is 0 Å². The highest BCUT2D eigenvalue weighted by atomic mass is 32.2. The Labute approximate surface area is 115 Å². The van der Waals surface area contributed by atoms with Crippen molar-refractivity contribution in [2.75, 3.05) is 4.72 Å². The molecule has 1 aromatic carbocycles. The number of sulfonamides is 1. The summed E-state index contributed by atoms with van der Waals surface area (Å²) in [7, 11) is -3.72. The number of halogens is 1. The molecule has 0 unspecified atom stereocenters. The van der Waals surface area contributed by atoms with E-state index in [0.29, 0.717) is 11.1 Å². The lowest BCUT2D eigenvalue weighted by Gasteiger charge is -2.07. The fraction of sp³-hybridized carbons (Fsp3) is 0.0769. The molecule has 20 heavy (non-hydrogen) atoms. The molecular weight excluding hydrogens is 281 g/mol. The number of hydrogen-bond donors (Lipinski definition) is 1. The topological polar surface area (TPSA) is 82.8 Å². The van der Waals surface area contributed by atoms with Crippen molar-refractivity contribution in [1.29, 1.82) is 5.26 Å². The number of hydrogen-bond acceptors (Lipinski definition) is 4. The fourth-order valence-electron chi connectivity index (χ4n) is 1.61. The lowest BCUT2D eigenvalue weighted by Crippen LogP contribution is -2.16. The maximum atomic E-state index is 12.9. The number of nitrogens with one attached hydrogen (secondary N) is 1. The summed E-state index contributed by atoms with van der Waals surface area (Å²) >= 11 is 0. The lowest BCUT2D eigenvalue weighted by molar-refractivity contribution is 0.584. The first kappa shape index (κ1) is 14.0. The molecule has 5 nitrogen and oxygen atoms in total. The van der Waals surface area contributed by atoms with E-state index in [1.54, 1.807) is 18.2 Å². The van der Waals surface area contributed by atoms with Crippen molar-refractivity contribution in [2.45, 2.75) is 5.75 Å². The molecule has 0 atom stereocenters. The third-order valence-corrected chi connectivity index (χ3v) is 3.62. The molecule has 0 bridgehead atoms. The third-order valence-electron chi connectivity index (χ3n) is 2.39. The van der Waals surface area contributed by atoms with Gasteiger partial charge in [-0.1, -0.05) is 18.2 Å². The molecule has 0 aliphatic rings. The number of benzene rings is 1. The molecule has 2 rings (SSSR count). The Kier molecular flexibility index (Phi) is 3.96. The predicted molar refractivity (Wildman–Crippen MR) is 71.6 cm³/mol. The molecule has 0 amide bonds. The van der Waals surface area contributed by atoms with Crippen LogP contribution in [-0.4, -0.2) is 13.4 Å². The first-order chi connectivity index (χ1) is 9.48. The van der Waals surface area contributed by atoms with Gasteiger partial charge in [0.25, 0.3) is 0 Å². The molecule has 0 saturated heterocycles. The molecule has 0 saturated carbocycles. The standard InChI is InChI=1S/C13H10FN3O2S/c14-12-5-2-6-13(16-12)17-20(18,19)9-11-4-1-3-10(7-11)8-15/h1-7H,9H2,(H,16,17). The normalized spacial score (nSPS) is 10.8. The monoisotopic (exact) mass is 291 g/mol. The van der Waals surface area contributed by atoms with Gasteiger partial charge in [-0.3, -0.25) is 4.72 Å². The van der Waals surface area contributed by atoms with Crippen molar-refractivity contribution in [3.63, 3.8) is 0 Å². The zero-order chi connectivity index (χ0) is 14.6. The Morgan fingerprint density at radius 1 is 1.25 bits per heavy atom. The van der Waals surface area contributed by atoms with Gasteiger partial charge in [0.1, 0.15) is 5.82 Å². The van der Waals surface area contributed by atoms with E-state index in [9.17, 15) is 12.8 Å². The summed E-state index contributed by atoms with van der Waals surface area (Å²) in [6, 6.07) is 12.0. The van der Waals surface area contributed by atoms with E-state index in [1.807, 2.05) is 6.07 Å². The highest BCUT2D eigenvalue weighted by Gasteiger charge is 2.13. The van der Waals surface area contributed by atoms with Crippen LogP contribution in [-0.2, 0) is 15.8 Å². The molecule has 1 aromatic heterocycles. The highest BCUT2D eigenvalue weighted by Crippen LogP contribution is 2.12. The molecule has 102 valence electrons. The van der Waals surface area contributed by atoms with Gasteiger partial charge in [-0.05, 0) is 29.8 Å². The molecule has 1 N–H and O–H groups in total. The summed E-state index contributed by atoms with van der Waals surface area (Å²) in [6.45, 7) is 0. The fourth-order valence-corrected chi connectivity index (χ4v) is 2.73. The van der Waals surface area contributed by atoms with Gasteiger partial charge in [-0.25, -0.2) is 13.4 Å². The summed E-state index contributed by atoms with van der Waals surface area (Å²) in [5.41, 5.74) is 0.842. The molecule has 0 aliphatic carbocycles. The Morgan fingerprint density at radius 2 is 2.00 bits per heavy atom. The Morgan fingerprint density at radius 3 is 2.70 bits per heavy atom. The lowest BCUT2D eigenvalue weighted by atomic mass is 10.2. The van der Waals surface area contributed by atoms with E-state index >= 15 is 0 Å². The van der Waals surface area contributed by atoms with Crippen LogP contribution in [0.5, 0.6) is 0 Å². The van der Waals surface area contributed by atoms with Crippen molar-refractivity contribution in [3.05, 3.63) is 59.5 Å². The van der Waals surface area contributed by atoms with E-state index in [-0.39, 0.29) is 11.6 Å². The van der Waals surface area contributed by atoms with Crippen molar-refractivity contribution in [3.8, 4) is 6.07 Å². The number of aromatic nitrogens is 1. The quantitative estimate of drug-likeness (QED) is 0.874. The van der Waals surface area contributed by atoms with Crippen LogP contribution in [0.15, 0.2) is 42.5 Å². The molecule has 0 fully saturated rings. The minimum Gasteiger partial charge on any atom is -0.267 e. The smallest absolute Gasteiger partial charge is 0.238 e. The molecule has 0 aliphatic heterocycles.